The number of benzene rings is 4. The largest absolute Gasteiger partial charge is 0.492 e. The van der Waals surface area contributed by atoms with Crippen LogP contribution in [0.1, 0.15) is 52.7 Å². The van der Waals surface area contributed by atoms with E-state index in [4.69, 9.17) is 8.83 Å². The molecule has 4 aromatic carbocycles. The highest BCUT2D eigenvalue weighted by atomic mass is 16.4. The smallest absolute Gasteiger partial charge is 0.456 e. The Bertz CT molecular complexity index is 1730. The number of fused-ring (bicyclic) bond motifs is 6. The molecule has 0 bridgehead atoms. The molecule has 0 saturated carbocycles. The second-order valence-electron chi connectivity index (χ2n) is 11.7. The third kappa shape index (κ3) is 4.77. The lowest BCUT2D eigenvalue weighted by Crippen LogP contribution is -2.29. The molecule has 5 heteroatoms. The van der Waals surface area contributed by atoms with Crippen LogP contribution >= 0.6 is 0 Å². The molecule has 0 radical (unpaired) electrons. The van der Waals surface area contributed by atoms with Crippen molar-refractivity contribution in [2.24, 2.45) is 0 Å². The van der Waals surface area contributed by atoms with Gasteiger partial charge in [-0.05, 0) is 52.3 Å². The maximum Gasteiger partial charge on any atom is 0.492 e. The van der Waals surface area contributed by atoms with Crippen molar-refractivity contribution in [3.63, 3.8) is 0 Å². The third-order valence-electron chi connectivity index (χ3n) is 6.91. The van der Waals surface area contributed by atoms with Crippen LogP contribution in [0.4, 0.5) is 0 Å². The Hall–Kier alpha value is -3.54. The second-order valence-corrected chi connectivity index (χ2v) is 11.7. The first-order valence-electron chi connectivity index (χ1n) is 12.7. The fraction of sp³-hybridized carbons (Fsp3) is 0.250. The van der Waals surface area contributed by atoms with E-state index in [2.05, 4.69) is 84.0 Å². The highest BCUT2D eigenvalue weighted by Gasteiger charge is 2.21. The highest BCUT2D eigenvalue weighted by molar-refractivity contribution is 6.61. The fourth-order valence-corrected chi connectivity index (χ4v) is 4.68. The van der Waals surface area contributed by atoms with Crippen molar-refractivity contribution in [3.8, 4) is 0 Å². The van der Waals surface area contributed by atoms with Crippen LogP contribution in [0.3, 0.4) is 0 Å². The van der Waals surface area contributed by atoms with E-state index in [9.17, 15) is 10.0 Å². The third-order valence-corrected chi connectivity index (χ3v) is 6.91. The molecular formula is C32H33BO4. The summed E-state index contributed by atoms with van der Waals surface area (Å²) >= 11 is 0. The lowest BCUT2D eigenvalue weighted by atomic mass is 9.79. The second kappa shape index (κ2) is 9.09. The summed E-state index contributed by atoms with van der Waals surface area (Å²) < 4.78 is 11.6. The van der Waals surface area contributed by atoms with Crippen molar-refractivity contribution in [1.29, 1.82) is 0 Å². The number of furan rings is 2. The summed E-state index contributed by atoms with van der Waals surface area (Å²) in [4.78, 5) is 0. The average molecular weight is 492 g/mol. The molecular weight excluding hydrogens is 459 g/mol. The molecule has 0 amide bonds. The SMILES string of the molecule is CC(C)(C)c1ccc2oc3c(B(O)O)cccc3c2c1.CC(C)(C)c1ccc2oc3ccccc3c2c1. The highest BCUT2D eigenvalue weighted by Crippen LogP contribution is 2.33. The molecule has 6 rings (SSSR count). The lowest BCUT2D eigenvalue weighted by Gasteiger charge is -2.18. The quantitative estimate of drug-likeness (QED) is 0.234. The number of para-hydroxylation sites is 2. The van der Waals surface area contributed by atoms with Gasteiger partial charge < -0.3 is 18.9 Å². The zero-order chi connectivity index (χ0) is 26.5. The number of rotatable bonds is 1. The van der Waals surface area contributed by atoms with E-state index in [0.29, 0.717) is 11.0 Å². The van der Waals surface area contributed by atoms with Gasteiger partial charge in [0.1, 0.15) is 22.3 Å². The summed E-state index contributed by atoms with van der Waals surface area (Å²) in [6.45, 7) is 13.2. The molecule has 37 heavy (non-hydrogen) atoms. The maximum atomic E-state index is 9.43. The van der Waals surface area contributed by atoms with Gasteiger partial charge in [0.25, 0.3) is 0 Å². The summed E-state index contributed by atoms with van der Waals surface area (Å²) in [6.07, 6.45) is 0. The zero-order valence-corrected chi connectivity index (χ0v) is 22.3. The van der Waals surface area contributed by atoms with E-state index in [1.54, 1.807) is 6.07 Å². The molecule has 2 aromatic heterocycles. The van der Waals surface area contributed by atoms with Gasteiger partial charge in [-0.15, -0.1) is 0 Å². The maximum absolute atomic E-state index is 9.43. The summed E-state index contributed by atoms with van der Waals surface area (Å²) in [6, 6.07) is 26.2. The van der Waals surface area contributed by atoms with Crippen LogP contribution in [0.2, 0.25) is 0 Å². The standard InChI is InChI=1S/C16H17BO3.C16H16O/c1-16(2,3)10-7-8-14-12(9-10)11-5-4-6-13(17(18)19)15(11)20-14;1-16(2,3)11-8-9-15-13(10-11)12-6-4-5-7-14(12)17-15/h4-9,18-19H,1-3H3;4-10H,1-3H3. The predicted molar refractivity (Wildman–Crippen MR) is 155 cm³/mol. The van der Waals surface area contributed by atoms with Crippen LogP contribution in [0.5, 0.6) is 0 Å². The first-order chi connectivity index (χ1) is 17.4. The molecule has 4 nitrogen and oxygen atoms in total. The normalized spacial score (nSPS) is 12.3. The molecule has 2 heterocycles. The van der Waals surface area contributed by atoms with Crippen LogP contribution in [0.15, 0.2) is 87.7 Å². The Kier molecular flexibility index (Phi) is 6.17. The van der Waals surface area contributed by atoms with Gasteiger partial charge in [0, 0.05) is 27.0 Å². The van der Waals surface area contributed by atoms with Crippen molar-refractivity contribution in [2.45, 2.75) is 52.4 Å². The van der Waals surface area contributed by atoms with E-state index < -0.39 is 7.12 Å². The minimum Gasteiger partial charge on any atom is -0.456 e. The molecule has 0 saturated heterocycles. The summed E-state index contributed by atoms with van der Waals surface area (Å²) in [5.74, 6) is 0. The van der Waals surface area contributed by atoms with Crippen LogP contribution in [-0.2, 0) is 10.8 Å². The molecule has 0 aliphatic heterocycles. The summed E-state index contributed by atoms with van der Waals surface area (Å²) in [7, 11) is -1.53. The van der Waals surface area contributed by atoms with Gasteiger partial charge in [0.15, 0.2) is 0 Å². The van der Waals surface area contributed by atoms with E-state index >= 15 is 0 Å². The number of hydrogen-bond acceptors (Lipinski definition) is 4. The first-order valence-corrected chi connectivity index (χ1v) is 12.7. The van der Waals surface area contributed by atoms with Crippen molar-refractivity contribution in [3.05, 3.63) is 90.0 Å². The minimum absolute atomic E-state index is 0.0614. The monoisotopic (exact) mass is 492 g/mol. The van der Waals surface area contributed by atoms with Crippen molar-refractivity contribution in [2.75, 3.05) is 0 Å². The zero-order valence-electron chi connectivity index (χ0n) is 22.3. The Morgan fingerprint density at radius 2 is 1.05 bits per heavy atom. The fourth-order valence-electron chi connectivity index (χ4n) is 4.68. The Balaban J connectivity index is 0.000000153. The van der Waals surface area contributed by atoms with Crippen molar-refractivity contribution >= 4 is 56.5 Å². The molecule has 0 fully saturated rings. The van der Waals surface area contributed by atoms with Gasteiger partial charge in [-0.2, -0.15) is 0 Å². The van der Waals surface area contributed by atoms with Crippen LogP contribution < -0.4 is 5.46 Å². The van der Waals surface area contributed by atoms with E-state index in [0.717, 1.165) is 27.5 Å². The van der Waals surface area contributed by atoms with Crippen LogP contribution in [-0.4, -0.2) is 17.2 Å². The first kappa shape index (κ1) is 25.1. The molecule has 2 N–H and O–H groups in total. The van der Waals surface area contributed by atoms with Gasteiger partial charge in [-0.3, -0.25) is 0 Å². The van der Waals surface area contributed by atoms with E-state index in [1.807, 2.05) is 30.3 Å². The van der Waals surface area contributed by atoms with Gasteiger partial charge >= 0.3 is 7.12 Å². The average Bonchev–Trinajstić information content (AvgIpc) is 3.40. The molecule has 0 spiro atoms. The summed E-state index contributed by atoms with van der Waals surface area (Å²) in [5.41, 5.74) is 6.45. The van der Waals surface area contributed by atoms with E-state index in [1.165, 1.54) is 21.9 Å². The topological polar surface area (TPSA) is 66.7 Å². The van der Waals surface area contributed by atoms with Gasteiger partial charge in [-0.25, -0.2) is 0 Å². The number of hydrogen-bond donors (Lipinski definition) is 2. The van der Waals surface area contributed by atoms with Crippen LogP contribution in [0, 0.1) is 0 Å². The summed E-state index contributed by atoms with van der Waals surface area (Å²) in [5, 5.41) is 23.2. The van der Waals surface area contributed by atoms with Crippen molar-refractivity contribution in [1.82, 2.24) is 0 Å². The van der Waals surface area contributed by atoms with Gasteiger partial charge in [-0.1, -0.05) is 90.1 Å². The molecule has 0 aliphatic carbocycles. The molecule has 0 atom stereocenters. The van der Waals surface area contributed by atoms with Gasteiger partial charge in [0.05, 0.1) is 0 Å². The Morgan fingerprint density at radius 1 is 0.541 bits per heavy atom. The van der Waals surface area contributed by atoms with Crippen molar-refractivity contribution < 1.29 is 18.9 Å². The Morgan fingerprint density at radius 3 is 1.65 bits per heavy atom. The lowest BCUT2D eigenvalue weighted by molar-refractivity contribution is 0.425. The predicted octanol–water partition coefficient (Wildman–Crippen LogP) is 7.45. The van der Waals surface area contributed by atoms with Gasteiger partial charge in [0.2, 0.25) is 0 Å². The molecule has 188 valence electrons. The molecule has 0 aliphatic rings. The van der Waals surface area contributed by atoms with E-state index in [-0.39, 0.29) is 10.8 Å². The Labute approximate surface area is 217 Å². The molecule has 6 aromatic rings. The molecule has 0 unspecified atom stereocenters. The van der Waals surface area contributed by atoms with Crippen LogP contribution in [0.25, 0.3) is 43.9 Å². The minimum atomic E-state index is -1.53.